The summed E-state index contributed by atoms with van der Waals surface area (Å²) < 4.78 is 0. The molecule has 1 saturated heterocycles. The van der Waals surface area contributed by atoms with Crippen molar-refractivity contribution in [1.29, 1.82) is 0 Å². The lowest BCUT2D eigenvalue weighted by Gasteiger charge is -2.31. The third-order valence-corrected chi connectivity index (χ3v) is 6.50. The Morgan fingerprint density at radius 2 is 2.06 bits per heavy atom. The Labute approximate surface area is 187 Å². The average Bonchev–Trinajstić information content (AvgIpc) is 3.05. The van der Waals surface area contributed by atoms with Crippen LogP contribution in [0.1, 0.15) is 40.7 Å². The van der Waals surface area contributed by atoms with Crippen LogP contribution in [0.2, 0.25) is 0 Å². The fourth-order valence-corrected chi connectivity index (χ4v) is 4.64. The maximum atomic E-state index is 12.5. The van der Waals surface area contributed by atoms with Crippen LogP contribution in [0.4, 0.5) is 16.6 Å². The first-order valence-electron chi connectivity index (χ1n) is 10.6. The van der Waals surface area contributed by atoms with Crippen molar-refractivity contribution in [2.75, 3.05) is 30.3 Å². The minimum Gasteiger partial charge on any atom is -0.339 e. The predicted octanol–water partition coefficient (Wildman–Crippen LogP) is 4.42. The van der Waals surface area contributed by atoms with Gasteiger partial charge in [-0.2, -0.15) is 0 Å². The van der Waals surface area contributed by atoms with Gasteiger partial charge in [0.05, 0.1) is 24.1 Å². The van der Waals surface area contributed by atoms with E-state index < -0.39 is 0 Å². The number of carbonyl (C=O) groups excluding carboxylic acids is 1. The second-order valence-corrected chi connectivity index (χ2v) is 9.25. The van der Waals surface area contributed by atoms with E-state index in [1.165, 1.54) is 11.3 Å². The lowest BCUT2D eigenvalue weighted by molar-refractivity contribution is -0.117. The van der Waals surface area contributed by atoms with Crippen LogP contribution < -0.4 is 10.6 Å². The van der Waals surface area contributed by atoms with Crippen molar-refractivity contribution in [3.63, 3.8) is 0 Å². The zero-order valence-electron chi connectivity index (χ0n) is 18.2. The maximum Gasteiger partial charge on any atom is 0.240 e. The van der Waals surface area contributed by atoms with Gasteiger partial charge in [-0.3, -0.25) is 14.7 Å². The third kappa shape index (κ3) is 5.65. The molecule has 1 fully saturated rings. The molecule has 0 spiro atoms. The van der Waals surface area contributed by atoms with Crippen LogP contribution in [-0.4, -0.2) is 45.4 Å². The Morgan fingerprint density at radius 1 is 1.19 bits per heavy atom. The van der Waals surface area contributed by atoms with Gasteiger partial charge < -0.3 is 10.6 Å². The summed E-state index contributed by atoms with van der Waals surface area (Å²) in [5, 5.41) is 6.92. The molecule has 2 N–H and O–H groups in total. The van der Waals surface area contributed by atoms with Gasteiger partial charge in [-0.15, -0.1) is 11.3 Å². The Kier molecular flexibility index (Phi) is 6.58. The number of rotatable bonds is 6. The summed E-state index contributed by atoms with van der Waals surface area (Å²) in [5.41, 5.74) is 3.93. The van der Waals surface area contributed by atoms with E-state index in [1.807, 2.05) is 51.2 Å². The fraction of sp³-hybridized carbons (Fsp3) is 0.391. The van der Waals surface area contributed by atoms with Gasteiger partial charge in [-0.1, -0.05) is 6.07 Å². The first-order valence-corrected chi connectivity index (χ1v) is 11.4. The Hall–Kier alpha value is -2.84. The molecule has 3 aromatic heterocycles. The number of carbonyl (C=O) groups is 1. The highest BCUT2D eigenvalue weighted by Crippen LogP contribution is 2.27. The molecule has 1 amide bonds. The lowest BCUT2D eigenvalue weighted by atomic mass is 9.94. The molecule has 4 rings (SSSR count). The number of piperidine rings is 1. The number of hydrogen-bond donors (Lipinski definition) is 2. The lowest BCUT2D eigenvalue weighted by Crippen LogP contribution is -2.39. The zero-order chi connectivity index (χ0) is 21.8. The summed E-state index contributed by atoms with van der Waals surface area (Å²) in [4.78, 5) is 29.4. The number of amides is 1. The van der Waals surface area contributed by atoms with Crippen LogP contribution in [0.5, 0.6) is 0 Å². The first kappa shape index (κ1) is 21.4. The van der Waals surface area contributed by atoms with E-state index in [2.05, 4.69) is 36.6 Å². The van der Waals surface area contributed by atoms with Crippen molar-refractivity contribution >= 4 is 33.9 Å². The predicted molar refractivity (Wildman–Crippen MR) is 125 cm³/mol. The molecule has 3 aromatic rings. The van der Waals surface area contributed by atoms with Gasteiger partial charge in [0.1, 0.15) is 5.82 Å². The van der Waals surface area contributed by atoms with Crippen LogP contribution in [0.15, 0.2) is 36.5 Å². The number of anilines is 3. The number of hydrogen-bond acceptors (Lipinski definition) is 7. The van der Waals surface area contributed by atoms with Crippen molar-refractivity contribution in [1.82, 2.24) is 19.9 Å². The van der Waals surface area contributed by atoms with Crippen molar-refractivity contribution < 1.29 is 4.79 Å². The molecule has 0 bridgehead atoms. The Bertz CT molecular complexity index is 1030. The smallest absolute Gasteiger partial charge is 0.240 e. The van der Waals surface area contributed by atoms with Crippen LogP contribution in [0.3, 0.4) is 0 Å². The number of aromatic nitrogens is 3. The summed E-state index contributed by atoms with van der Waals surface area (Å²) in [6.07, 6.45) is 4.00. The van der Waals surface area contributed by atoms with Gasteiger partial charge in [-0.25, -0.2) is 9.97 Å². The van der Waals surface area contributed by atoms with Gasteiger partial charge in [0.15, 0.2) is 5.13 Å². The van der Waals surface area contributed by atoms with Crippen LogP contribution in [-0.2, 0) is 4.79 Å². The molecule has 0 radical (unpaired) electrons. The van der Waals surface area contributed by atoms with Crippen LogP contribution >= 0.6 is 11.3 Å². The van der Waals surface area contributed by atoms with Crippen LogP contribution in [0, 0.1) is 20.8 Å². The van der Waals surface area contributed by atoms with Gasteiger partial charge in [-0.05, 0) is 64.4 Å². The zero-order valence-corrected chi connectivity index (χ0v) is 19.0. The quantitative estimate of drug-likeness (QED) is 0.595. The molecule has 1 aliphatic rings. The van der Waals surface area contributed by atoms with E-state index in [1.54, 1.807) is 0 Å². The number of pyridine rings is 2. The molecule has 0 aliphatic carbocycles. The number of likely N-dealkylation sites (tertiary alicyclic amines) is 1. The number of nitrogens with one attached hydrogen (secondary N) is 2. The summed E-state index contributed by atoms with van der Waals surface area (Å²) in [7, 11) is 0. The standard InChI is InChI=1S/C23H28N6OS/c1-15-6-4-8-21(25-15)27-19-9-10-20(24-12-19)18-7-5-11-29(13-18)14-22(30)28-23-26-16(2)17(3)31-23/h4,6,8-10,12,18H,5,7,11,13-14H2,1-3H3,(H,25,27)(H,26,28,30)/t18-/m0/s1. The highest BCUT2D eigenvalue weighted by atomic mass is 32.1. The fourth-order valence-electron chi connectivity index (χ4n) is 3.81. The third-order valence-electron chi connectivity index (χ3n) is 5.51. The van der Waals surface area contributed by atoms with E-state index in [0.29, 0.717) is 17.6 Å². The highest BCUT2D eigenvalue weighted by molar-refractivity contribution is 7.15. The molecule has 162 valence electrons. The van der Waals surface area contributed by atoms with Crippen molar-refractivity contribution in [3.8, 4) is 0 Å². The second-order valence-electron chi connectivity index (χ2n) is 8.04. The molecule has 1 atom stereocenters. The number of aryl methyl sites for hydroxylation is 3. The van der Waals surface area contributed by atoms with E-state index in [4.69, 9.17) is 0 Å². The molecule has 31 heavy (non-hydrogen) atoms. The summed E-state index contributed by atoms with van der Waals surface area (Å²) in [6.45, 7) is 8.10. The van der Waals surface area contributed by atoms with Gasteiger partial charge >= 0.3 is 0 Å². The molecular formula is C23H28N6OS. The number of thiazole rings is 1. The SMILES string of the molecule is Cc1cccc(Nc2ccc([C@H]3CCCN(CC(=O)Nc4nc(C)c(C)s4)C3)nc2)n1. The average molecular weight is 437 g/mol. The van der Waals surface area contributed by atoms with Crippen LogP contribution in [0.25, 0.3) is 0 Å². The molecule has 0 aromatic carbocycles. The van der Waals surface area contributed by atoms with Gasteiger partial charge in [0, 0.05) is 28.7 Å². The maximum absolute atomic E-state index is 12.5. The number of nitrogens with zero attached hydrogens (tertiary/aromatic N) is 4. The molecule has 1 aliphatic heterocycles. The molecule has 8 heteroatoms. The van der Waals surface area contributed by atoms with Crippen molar-refractivity contribution in [3.05, 3.63) is 58.5 Å². The van der Waals surface area contributed by atoms with Crippen molar-refractivity contribution in [2.45, 2.75) is 39.5 Å². The van der Waals surface area contributed by atoms with Crippen molar-refractivity contribution in [2.24, 2.45) is 0 Å². The highest BCUT2D eigenvalue weighted by Gasteiger charge is 2.24. The monoisotopic (exact) mass is 436 g/mol. The van der Waals surface area contributed by atoms with Gasteiger partial charge in [0.25, 0.3) is 0 Å². The van der Waals surface area contributed by atoms with E-state index >= 15 is 0 Å². The van der Waals surface area contributed by atoms with E-state index in [9.17, 15) is 4.79 Å². The summed E-state index contributed by atoms with van der Waals surface area (Å²) >= 11 is 1.52. The van der Waals surface area contributed by atoms with Gasteiger partial charge in [0.2, 0.25) is 5.91 Å². The summed E-state index contributed by atoms with van der Waals surface area (Å²) in [5.74, 6) is 1.14. The molecule has 4 heterocycles. The Balaban J connectivity index is 1.33. The molecular weight excluding hydrogens is 408 g/mol. The molecule has 0 saturated carbocycles. The Morgan fingerprint density at radius 3 is 2.77 bits per heavy atom. The first-order chi connectivity index (χ1) is 15.0. The minimum atomic E-state index is -0.00689. The molecule has 0 unspecified atom stereocenters. The minimum absolute atomic E-state index is 0.00689. The second kappa shape index (κ2) is 9.53. The van der Waals surface area contributed by atoms with E-state index in [0.717, 1.165) is 59.4 Å². The normalized spacial score (nSPS) is 16.8. The van der Waals surface area contributed by atoms with E-state index in [-0.39, 0.29) is 5.91 Å². The topological polar surface area (TPSA) is 83.0 Å². The largest absolute Gasteiger partial charge is 0.339 e. The summed E-state index contributed by atoms with van der Waals surface area (Å²) in [6, 6.07) is 10.0. The molecule has 7 nitrogen and oxygen atoms in total.